The molecule has 3 heterocycles. The molecule has 3 aromatic rings. The first-order chi connectivity index (χ1) is 16.6. The average Bonchev–Trinajstić information content (AvgIpc) is 2.84. The standard InChI is InChI=1S/C26H26FN5O2/c1-17-25(31-24-9-8-19(28-2)10-23(24)27)29-16-30-26(17)34-22-11-20-14-33-15-21(12-22)32(20)13-18-6-4-3-5-7-18/h3-10,16,20-22H,11-15H2,1H3,(H,29,30,31)/t20-,21?,22?/m1/s1. The average molecular weight is 460 g/mol. The zero-order chi connectivity index (χ0) is 23.5. The van der Waals surface area contributed by atoms with Crippen molar-refractivity contribution >= 4 is 17.2 Å². The van der Waals surface area contributed by atoms with Crippen LogP contribution in [-0.4, -0.2) is 46.3 Å². The van der Waals surface area contributed by atoms with E-state index in [4.69, 9.17) is 16.0 Å². The van der Waals surface area contributed by atoms with Gasteiger partial charge in [-0.15, -0.1) is 0 Å². The third kappa shape index (κ3) is 4.72. The van der Waals surface area contributed by atoms with Crippen LogP contribution in [0.1, 0.15) is 24.0 Å². The molecule has 8 heteroatoms. The molecule has 2 saturated heterocycles. The van der Waals surface area contributed by atoms with Crippen molar-refractivity contribution in [2.24, 2.45) is 0 Å². The van der Waals surface area contributed by atoms with E-state index in [-0.39, 0.29) is 29.6 Å². The van der Waals surface area contributed by atoms with Gasteiger partial charge in [-0.25, -0.2) is 19.2 Å². The van der Waals surface area contributed by atoms with Gasteiger partial charge in [0, 0.05) is 31.5 Å². The first-order valence-electron chi connectivity index (χ1n) is 11.4. The van der Waals surface area contributed by atoms with Crippen LogP contribution in [0.15, 0.2) is 54.9 Å². The van der Waals surface area contributed by atoms with E-state index in [2.05, 4.69) is 49.3 Å². The van der Waals surface area contributed by atoms with Gasteiger partial charge in [-0.05, 0) is 24.6 Å². The topological polar surface area (TPSA) is 63.9 Å². The smallest absolute Gasteiger partial charge is 0.221 e. The molecular weight excluding hydrogens is 433 g/mol. The molecule has 2 aromatic carbocycles. The fourth-order valence-corrected chi connectivity index (χ4v) is 4.73. The second kappa shape index (κ2) is 9.75. The number of ether oxygens (including phenoxy) is 2. The Morgan fingerprint density at radius 3 is 2.62 bits per heavy atom. The first kappa shape index (κ1) is 22.3. The number of morpholine rings is 1. The van der Waals surface area contributed by atoms with Crippen molar-refractivity contribution in [1.82, 2.24) is 14.9 Å². The highest BCUT2D eigenvalue weighted by Crippen LogP contribution is 2.33. The summed E-state index contributed by atoms with van der Waals surface area (Å²) >= 11 is 0. The number of hydrogen-bond donors (Lipinski definition) is 1. The van der Waals surface area contributed by atoms with Gasteiger partial charge in [0.05, 0.1) is 31.0 Å². The fraction of sp³-hybridized carbons (Fsp3) is 0.346. The maximum atomic E-state index is 14.4. The molecule has 0 radical (unpaired) electrons. The lowest BCUT2D eigenvalue weighted by molar-refractivity contribution is -0.104. The van der Waals surface area contributed by atoms with Crippen molar-refractivity contribution in [3.05, 3.63) is 83.2 Å². The number of halogens is 1. The third-order valence-corrected chi connectivity index (χ3v) is 6.49. The molecule has 0 spiro atoms. The summed E-state index contributed by atoms with van der Waals surface area (Å²) in [5, 5.41) is 3.01. The van der Waals surface area contributed by atoms with Gasteiger partial charge in [-0.3, -0.25) is 4.90 Å². The Labute approximate surface area is 198 Å². The zero-order valence-corrected chi connectivity index (χ0v) is 18.9. The van der Waals surface area contributed by atoms with Gasteiger partial charge in [-0.2, -0.15) is 0 Å². The first-order valence-corrected chi connectivity index (χ1v) is 11.4. The number of aromatic nitrogens is 2. The van der Waals surface area contributed by atoms with Crippen LogP contribution in [0, 0.1) is 19.3 Å². The van der Waals surface area contributed by atoms with Crippen LogP contribution >= 0.6 is 0 Å². The van der Waals surface area contributed by atoms with Crippen LogP contribution in [0.2, 0.25) is 0 Å². The van der Waals surface area contributed by atoms with E-state index in [1.54, 1.807) is 6.07 Å². The molecule has 7 nitrogen and oxygen atoms in total. The Morgan fingerprint density at radius 2 is 1.91 bits per heavy atom. The van der Waals surface area contributed by atoms with Crippen molar-refractivity contribution in [3.8, 4) is 5.88 Å². The number of nitrogens with one attached hydrogen (secondary N) is 1. The van der Waals surface area contributed by atoms with Gasteiger partial charge in [-0.1, -0.05) is 36.4 Å². The van der Waals surface area contributed by atoms with Crippen LogP contribution in [0.4, 0.5) is 21.6 Å². The van der Waals surface area contributed by atoms with Gasteiger partial charge < -0.3 is 14.8 Å². The Morgan fingerprint density at radius 1 is 1.15 bits per heavy atom. The molecule has 2 unspecified atom stereocenters. The fourth-order valence-electron chi connectivity index (χ4n) is 4.73. The Hall–Kier alpha value is -3.54. The molecule has 3 atom stereocenters. The predicted octanol–water partition coefficient (Wildman–Crippen LogP) is 5.03. The molecule has 0 amide bonds. The predicted molar refractivity (Wildman–Crippen MR) is 127 cm³/mol. The van der Waals surface area contributed by atoms with E-state index >= 15 is 0 Å². The number of anilines is 2. The molecule has 0 aliphatic carbocycles. The summed E-state index contributed by atoms with van der Waals surface area (Å²) in [6.07, 6.45) is 3.14. The summed E-state index contributed by atoms with van der Waals surface area (Å²) in [6, 6.07) is 15.4. The summed E-state index contributed by atoms with van der Waals surface area (Å²) < 4.78 is 26.6. The van der Waals surface area contributed by atoms with Gasteiger partial charge in [0.1, 0.15) is 24.1 Å². The van der Waals surface area contributed by atoms with Crippen LogP contribution < -0.4 is 10.1 Å². The summed E-state index contributed by atoms with van der Waals surface area (Å²) in [5.74, 6) is 0.466. The highest BCUT2D eigenvalue weighted by Gasteiger charge is 2.40. The molecule has 174 valence electrons. The van der Waals surface area contributed by atoms with Crippen LogP contribution in [0.25, 0.3) is 4.85 Å². The minimum atomic E-state index is -0.507. The van der Waals surface area contributed by atoms with Crippen molar-refractivity contribution in [2.45, 2.75) is 44.5 Å². The SMILES string of the molecule is [C-]#[N+]c1ccc(Nc2ncnc(OC3CC4COC[C@@H](C3)N4Cc3ccccc3)c2C)c(F)c1. The van der Waals surface area contributed by atoms with E-state index in [1.165, 1.54) is 24.0 Å². The highest BCUT2D eigenvalue weighted by atomic mass is 19.1. The molecule has 2 aliphatic heterocycles. The third-order valence-electron chi connectivity index (χ3n) is 6.49. The van der Waals surface area contributed by atoms with E-state index in [9.17, 15) is 4.39 Å². The van der Waals surface area contributed by atoms with Crippen molar-refractivity contribution in [2.75, 3.05) is 18.5 Å². The number of nitrogens with zero attached hydrogens (tertiary/aromatic N) is 4. The number of benzene rings is 2. The van der Waals surface area contributed by atoms with Gasteiger partial charge in [0.25, 0.3) is 0 Å². The molecule has 1 aromatic heterocycles. The molecule has 2 bridgehead atoms. The quantitative estimate of drug-likeness (QED) is 0.522. The molecule has 2 aliphatic rings. The molecule has 5 rings (SSSR count). The van der Waals surface area contributed by atoms with Crippen molar-refractivity contribution in [1.29, 1.82) is 0 Å². The lowest BCUT2D eigenvalue weighted by Gasteiger charge is -2.48. The Balaban J connectivity index is 1.28. The summed E-state index contributed by atoms with van der Waals surface area (Å²) in [5.41, 5.74) is 2.52. The van der Waals surface area contributed by atoms with Crippen LogP contribution in [0.5, 0.6) is 5.88 Å². The van der Waals surface area contributed by atoms with E-state index in [1.807, 2.05) is 13.0 Å². The number of piperidine rings is 1. The molecule has 0 saturated carbocycles. The van der Waals surface area contributed by atoms with Crippen LogP contribution in [-0.2, 0) is 11.3 Å². The van der Waals surface area contributed by atoms with E-state index < -0.39 is 5.82 Å². The normalized spacial score (nSPS) is 22.1. The van der Waals surface area contributed by atoms with Gasteiger partial charge in [0.15, 0.2) is 5.69 Å². The maximum Gasteiger partial charge on any atom is 0.221 e. The summed E-state index contributed by atoms with van der Waals surface area (Å²) in [7, 11) is 0. The largest absolute Gasteiger partial charge is 0.474 e. The highest BCUT2D eigenvalue weighted by molar-refractivity contribution is 5.64. The summed E-state index contributed by atoms with van der Waals surface area (Å²) in [4.78, 5) is 14.4. The second-order valence-electron chi connectivity index (χ2n) is 8.77. The van der Waals surface area contributed by atoms with E-state index in [0.717, 1.165) is 19.4 Å². The number of rotatable bonds is 6. The zero-order valence-electron chi connectivity index (χ0n) is 18.9. The molecule has 1 N–H and O–H groups in total. The minimum Gasteiger partial charge on any atom is -0.474 e. The molecular formula is C26H26FN5O2. The number of fused-ring (bicyclic) bond motifs is 2. The van der Waals surface area contributed by atoms with Crippen LogP contribution in [0.3, 0.4) is 0 Å². The Kier molecular flexibility index (Phi) is 6.39. The van der Waals surface area contributed by atoms with Gasteiger partial charge in [0.2, 0.25) is 5.88 Å². The molecule has 2 fully saturated rings. The summed E-state index contributed by atoms with van der Waals surface area (Å²) in [6.45, 7) is 11.2. The van der Waals surface area contributed by atoms with Gasteiger partial charge >= 0.3 is 0 Å². The Bertz CT molecular complexity index is 1190. The monoisotopic (exact) mass is 459 g/mol. The van der Waals surface area contributed by atoms with Crippen molar-refractivity contribution < 1.29 is 13.9 Å². The maximum absolute atomic E-state index is 14.4. The lowest BCUT2D eigenvalue weighted by atomic mass is 9.91. The lowest BCUT2D eigenvalue weighted by Crippen LogP contribution is -2.58. The molecule has 34 heavy (non-hydrogen) atoms. The second-order valence-corrected chi connectivity index (χ2v) is 8.77. The minimum absolute atomic E-state index is 0.0158. The number of hydrogen-bond acceptors (Lipinski definition) is 6. The van der Waals surface area contributed by atoms with Crippen molar-refractivity contribution in [3.63, 3.8) is 0 Å². The van der Waals surface area contributed by atoms with E-state index in [0.29, 0.717) is 30.5 Å².